The zero-order valence-corrected chi connectivity index (χ0v) is 15.8. The highest BCUT2D eigenvalue weighted by molar-refractivity contribution is 7.15. The van der Waals surface area contributed by atoms with Crippen molar-refractivity contribution in [3.05, 3.63) is 52.2 Å². The molecule has 0 N–H and O–H groups in total. The van der Waals surface area contributed by atoms with Gasteiger partial charge in [-0.25, -0.2) is 8.78 Å². The first-order chi connectivity index (χ1) is 13.6. The Kier molecular flexibility index (Phi) is 4.23. The first-order valence-corrected chi connectivity index (χ1v) is 10.1. The molecule has 1 aliphatic carbocycles. The Morgan fingerprint density at radius 3 is 2.89 bits per heavy atom. The minimum Gasteiger partial charge on any atom is -0.333 e. The average Bonchev–Trinajstić information content (AvgIpc) is 3.40. The fourth-order valence-corrected chi connectivity index (χ4v) is 5.08. The van der Waals surface area contributed by atoms with Gasteiger partial charge in [-0.05, 0) is 49.4 Å². The van der Waals surface area contributed by atoms with E-state index in [0.717, 1.165) is 35.9 Å². The highest BCUT2D eigenvalue weighted by Crippen LogP contribution is 2.37. The van der Waals surface area contributed by atoms with Gasteiger partial charge in [0.25, 0.3) is 5.89 Å². The number of hydrogen-bond donors (Lipinski definition) is 0. The Morgan fingerprint density at radius 2 is 2.04 bits per heavy atom. The highest BCUT2D eigenvalue weighted by atomic mass is 32.1. The van der Waals surface area contributed by atoms with E-state index in [1.54, 1.807) is 11.3 Å². The molecule has 1 amide bonds. The number of nitrogens with zero attached hydrogens (tertiary/aromatic N) is 3. The molecule has 2 aliphatic rings. The number of benzene rings is 1. The molecule has 3 aromatic rings. The van der Waals surface area contributed by atoms with Crippen LogP contribution in [0.1, 0.15) is 41.4 Å². The molecule has 1 aliphatic heterocycles. The van der Waals surface area contributed by atoms with Crippen molar-refractivity contribution in [2.75, 3.05) is 11.4 Å². The number of carbonyl (C=O) groups is 1. The van der Waals surface area contributed by atoms with Crippen LogP contribution in [0.2, 0.25) is 0 Å². The van der Waals surface area contributed by atoms with Crippen LogP contribution in [0.5, 0.6) is 0 Å². The molecule has 0 saturated carbocycles. The topological polar surface area (TPSA) is 59.2 Å². The standard InChI is InChI=1S/C20H17F2N3O2S/c21-13-5-6-14(22)15(9-13)25-10-12(8-18(25)26)19-23-20(27-24-19)17-7-11-3-1-2-4-16(11)28-17/h5-7,9,12H,1-4,8,10H2. The van der Waals surface area contributed by atoms with Gasteiger partial charge in [0.1, 0.15) is 11.6 Å². The lowest BCUT2D eigenvalue weighted by molar-refractivity contribution is -0.117. The molecular formula is C20H17F2N3O2S. The summed E-state index contributed by atoms with van der Waals surface area (Å²) in [6.45, 7) is 0.194. The largest absolute Gasteiger partial charge is 0.333 e. The Labute approximate surface area is 164 Å². The summed E-state index contributed by atoms with van der Waals surface area (Å²) in [7, 11) is 0. The molecule has 3 heterocycles. The van der Waals surface area contributed by atoms with E-state index in [2.05, 4.69) is 16.2 Å². The number of anilines is 1. The van der Waals surface area contributed by atoms with Gasteiger partial charge in [-0.15, -0.1) is 11.3 Å². The van der Waals surface area contributed by atoms with Crippen molar-refractivity contribution >= 4 is 22.9 Å². The fraction of sp³-hybridized carbons (Fsp3) is 0.350. The number of aromatic nitrogens is 2. The summed E-state index contributed by atoms with van der Waals surface area (Å²) in [6.07, 6.45) is 4.72. The van der Waals surface area contributed by atoms with E-state index in [1.165, 1.54) is 28.2 Å². The summed E-state index contributed by atoms with van der Waals surface area (Å²) < 4.78 is 33.0. The summed E-state index contributed by atoms with van der Waals surface area (Å²) in [5, 5.41) is 4.06. The van der Waals surface area contributed by atoms with E-state index in [9.17, 15) is 13.6 Å². The van der Waals surface area contributed by atoms with E-state index >= 15 is 0 Å². The van der Waals surface area contributed by atoms with Crippen molar-refractivity contribution in [2.45, 2.75) is 38.0 Å². The van der Waals surface area contributed by atoms with E-state index < -0.39 is 11.6 Å². The molecule has 144 valence electrons. The Hall–Kier alpha value is -2.61. The second-order valence-electron chi connectivity index (χ2n) is 7.23. The zero-order valence-electron chi connectivity index (χ0n) is 15.0. The molecule has 1 aromatic carbocycles. The Bertz CT molecular complexity index is 1040. The molecule has 5 nitrogen and oxygen atoms in total. The van der Waals surface area contributed by atoms with Crippen LogP contribution in [0.3, 0.4) is 0 Å². The van der Waals surface area contributed by atoms with E-state index in [1.807, 2.05) is 0 Å². The number of halogens is 2. The van der Waals surface area contributed by atoms with E-state index in [0.29, 0.717) is 11.7 Å². The van der Waals surface area contributed by atoms with E-state index in [-0.39, 0.29) is 30.5 Å². The van der Waals surface area contributed by atoms with Crippen molar-refractivity contribution in [3.8, 4) is 10.8 Å². The summed E-state index contributed by atoms with van der Waals surface area (Å²) in [5.41, 5.74) is 1.30. The molecule has 5 rings (SSSR count). The lowest BCUT2D eigenvalue weighted by Crippen LogP contribution is -2.25. The number of carbonyl (C=O) groups excluding carboxylic acids is 1. The SMILES string of the molecule is O=C1CC(c2noc(-c3cc4c(s3)CCCC4)n2)CN1c1cc(F)ccc1F. The smallest absolute Gasteiger partial charge is 0.268 e. The normalized spacial score (nSPS) is 19.3. The van der Waals surface area contributed by atoms with E-state index in [4.69, 9.17) is 4.52 Å². The minimum atomic E-state index is -0.631. The van der Waals surface area contributed by atoms with Gasteiger partial charge >= 0.3 is 0 Å². The van der Waals surface area contributed by atoms with Gasteiger partial charge in [-0.1, -0.05) is 5.16 Å². The van der Waals surface area contributed by atoms with Crippen LogP contribution in [0, 0.1) is 11.6 Å². The molecule has 0 spiro atoms. The molecule has 1 fully saturated rings. The first-order valence-electron chi connectivity index (χ1n) is 9.29. The molecule has 2 aromatic heterocycles. The lowest BCUT2D eigenvalue weighted by Gasteiger charge is -2.16. The van der Waals surface area contributed by atoms with Gasteiger partial charge in [-0.3, -0.25) is 4.79 Å². The summed E-state index contributed by atoms with van der Waals surface area (Å²) >= 11 is 1.68. The second kappa shape index (κ2) is 6.77. The van der Waals surface area contributed by atoms with Crippen LogP contribution in [0.15, 0.2) is 28.8 Å². The van der Waals surface area contributed by atoms with Gasteiger partial charge in [0.05, 0.1) is 10.6 Å². The summed E-state index contributed by atoms with van der Waals surface area (Å²) in [6, 6.07) is 5.21. The van der Waals surface area contributed by atoms with Crippen LogP contribution in [-0.2, 0) is 17.6 Å². The zero-order chi connectivity index (χ0) is 19.3. The molecule has 1 atom stereocenters. The van der Waals surface area contributed by atoms with Crippen LogP contribution in [0.25, 0.3) is 10.8 Å². The monoisotopic (exact) mass is 401 g/mol. The van der Waals surface area contributed by atoms with Crippen molar-refractivity contribution in [1.29, 1.82) is 0 Å². The molecule has 0 bridgehead atoms. The fourth-order valence-electron chi connectivity index (χ4n) is 3.90. The minimum absolute atomic E-state index is 0.0536. The Balaban J connectivity index is 1.38. The van der Waals surface area contributed by atoms with Crippen molar-refractivity contribution in [3.63, 3.8) is 0 Å². The molecule has 1 saturated heterocycles. The maximum atomic E-state index is 14.1. The van der Waals surface area contributed by atoms with Gasteiger partial charge < -0.3 is 9.42 Å². The van der Waals surface area contributed by atoms with Crippen LogP contribution in [0.4, 0.5) is 14.5 Å². The van der Waals surface area contributed by atoms with Crippen LogP contribution in [-0.4, -0.2) is 22.6 Å². The number of fused-ring (bicyclic) bond motifs is 1. The predicted molar refractivity (Wildman–Crippen MR) is 100 cm³/mol. The van der Waals surface area contributed by atoms with Gasteiger partial charge in [0, 0.05) is 29.8 Å². The van der Waals surface area contributed by atoms with Gasteiger partial charge in [0.15, 0.2) is 5.82 Å². The molecule has 1 unspecified atom stereocenters. The third-order valence-electron chi connectivity index (χ3n) is 5.34. The third-order valence-corrected chi connectivity index (χ3v) is 6.56. The van der Waals surface area contributed by atoms with Crippen LogP contribution >= 0.6 is 11.3 Å². The number of amides is 1. The predicted octanol–water partition coefficient (Wildman–Crippen LogP) is 4.48. The van der Waals surface area contributed by atoms with Crippen molar-refractivity contribution < 1.29 is 18.1 Å². The lowest BCUT2D eigenvalue weighted by atomic mass is 9.99. The molecule has 28 heavy (non-hydrogen) atoms. The maximum absolute atomic E-state index is 14.1. The first kappa shape index (κ1) is 17.5. The van der Waals surface area contributed by atoms with Crippen molar-refractivity contribution in [2.24, 2.45) is 0 Å². The number of rotatable bonds is 3. The summed E-state index contributed by atoms with van der Waals surface area (Å²) in [5.74, 6) is -0.939. The Morgan fingerprint density at radius 1 is 1.18 bits per heavy atom. The molecule has 8 heteroatoms. The van der Waals surface area contributed by atoms with Crippen LogP contribution < -0.4 is 4.90 Å². The second-order valence-corrected chi connectivity index (χ2v) is 8.36. The van der Waals surface area contributed by atoms with Crippen molar-refractivity contribution in [1.82, 2.24) is 10.1 Å². The number of thiophene rings is 1. The molecular weight excluding hydrogens is 384 g/mol. The quantitative estimate of drug-likeness (QED) is 0.650. The van der Waals surface area contributed by atoms with Gasteiger partial charge in [0.2, 0.25) is 5.91 Å². The third kappa shape index (κ3) is 3.01. The van der Waals surface area contributed by atoms with Gasteiger partial charge in [-0.2, -0.15) is 4.98 Å². The maximum Gasteiger partial charge on any atom is 0.268 e. The highest BCUT2D eigenvalue weighted by Gasteiger charge is 2.36. The molecule has 0 radical (unpaired) electrons. The number of aryl methyl sites for hydroxylation is 2. The average molecular weight is 401 g/mol. The number of hydrogen-bond acceptors (Lipinski definition) is 5. The summed E-state index contributed by atoms with van der Waals surface area (Å²) in [4.78, 5) is 20.5.